The summed E-state index contributed by atoms with van der Waals surface area (Å²) in [6.45, 7) is 0. The highest BCUT2D eigenvalue weighted by atomic mass is 32.1. The molecular formula is C50H29N3S2. The highest BCUT2D eigenvalue weighted by Gasteiger charge is 2.24. The molecule has 0 atom stereocenters. The smallest absolute Gasteiger partial charge is 0.235 e. The fourth-order valence-corrected chi connectivity index (χ4v) is 10.8. The molecule has 0 bridgehead atoms. The van der Waals surface area contributed by atoms with Crippen LogP contribution in [0.1, 0.15) is 0 Å². The van der Waals surface area contributed by atoms with E-state index in [0.717, 1.165) is 37.9 Å². The summed E-state index contributed by atoms with van der Waals surface area (Å²) in [6.07, 6.45) is 0. The van der Waals surface area contributed by atoms with Crippen molar-refractivity contribution in [2.45, 2.75) is 0 Å². The van der Waals surface area contributed by atoms with E-state index < -0.39 is 0 Å². The second kappa shape index (κ2) is 11.9. The van der Waals surface area contributed by atoms with Gasteiger partial charge in [0.05, 0.1) is 26.9 Å². The molecule has 0 aliphatic heterocycles. The third-order valence-electron chi connectivity index (χ3n) is 11.0. The Labute approximate surface area is 324 Å². The van der Waals surface area contributed by atoms with Gasteiger partial charge < -0.3 is 0 Å². The van der Waals surface area contributed by atoms with Gasteiger partial charge in [0.1, 0.15) is 0 Å². The molecule has 0 saturated heterocycles. The average Bonchev–Trinajstić information content (AvgIpc) is 3.93. The van der Waals surface area contributed by atoms with E-state index >= 15 is 0 Å². The molecule has 0 aliphatic carbocycles. The Morgan fingerprint density at radius 2 is 0.982 bits per heavy atom. The lowest BCUT2D eigenvalue weighted by Crippen LogP contribution is -2.03. The summed E-state index contributed by atoms with van der Waals surface area (Å²) in [4.78, 5) is 11.1. The van der Waals surface area contributed by atoms with E-state index in [0.29, 0.717) is 5.95 Å². The van der Waals surface area contributed by atoms with Gasteiger partial charge >= 0.3 is 0 Å². The first kappa shape index (κ1) is 30.8. The number of rotatable bonds is 4. The second-order valence-corrected chi connectivity index (χ2v) is 16.2. The maximum absolute atomic E-state index is 5.59. The molecule has 8 aromatic carbocycles. The van der Waals surface area contributed by atoms with Crippen molar-refractivity contribution in [1.82, 2.24) is 14.5 Å². The molecular weight excluding hydrogens is 707 g/mol. The maximum Gasteiger partial charge on any atom is 0.235 e. The number of hydrogen-bond acceptors (Lipinski definition) is 4. The van der Waals surface area contributed by atoms with Crippen LogP contribution in [0.5, 0.6) is 0 Å². The summed E-state index contributed by atoms with van der Waals surface area (Å²) in [6, 6.07) is 63.4. The third-order valence-corrected chi connectivity index (χ3v) is 13.3. The molecule has 5 heteroatoms. The quantitative estimate of drug-likeness (QED) is 0.180. The Kier molecular flexibility index (Phi) is 6.67. The Balaban J connectivity index is 1.24. The zero-order chi connectivity index (χ0) is 36.0. The molecule has 0 amide bonds. The molecule has 256 valence electrons. The van der Waals surface area contributed by atoms with E-state index in [4.69, 9.17) is 9.97 Å². The van der Waals surface area contributed by atoms with Crippen LogP contribution < -0.4 is 0 Å². The van der Waals surface area contributed by atoms with Gasteiger partial charge in [-0.3, -0.25) is 4.57 Å². The standard InChI is InChI=1S/C50H29N3S2/c1-3-13-30(14-4-1)31-23-25-33(26-24-31)47-49-48(37-20-10-12-22-42(37)55-49)52-50(51-47)53-39-27-28-43-45(36-19-9-11-21-41(36)54-43)46(39)44-35-18-8-7-17-34(35)38(29-40(44)53)32-15-5-2-6-16-32/h1-29H. The summed E-state index contributed by atoms with van der Waals surface area (Å²) < 4.78 is 7.21. The topological polar surface area (TPSA) is 30.7 Å². The fraction of sp³-hybridized carbons (Fsp3) is 0. The van der Waals surface area contributed by atoms with Crippen LogP contribution in [0.25, 0.3) is 113 Å². The minimum atomic E-state index is 0.673. The minimum absolute atomic E-state index is 0.673. The van der Waals surface area contributed by atoms with Crippen LogP contribution in [0.3, 0.4) is 0 Å². The van der Waals surface area contributed by atoms with Crippen LogP contribution in [0.15, 0.2) is 176 Å². The number of thiophene rings is 2. The second-order valence-electron chi connectivity index (χ2n) is 14.1. The predicted octanol–water partition coefficient (Wildman–Crippen LogP) is 14.5. The van der Waals surface area contributed by atoms with Crippen molar-refractivity contribution in [1.29, 1.82) is 0 Å². The number of fused-ring (bicyclic) bond motifs is 12. The van der Waals surface area contributed by atoms with Crippen molar-refractivity contribution < 1.29 is 0 Å². The third kappa shape index (κ3) is 4.61. The van der Waals surface area contributed by atoms with E-state index in [1.165, 1.54) is 68.7 Å². The first-order chi connectivity index (χ1) is 27.3. The molecule has 0 fully saturated rings. The van der Waals surface area contributed by atoms with Crippen molar-refractivity contribution in [3.8, 4) is 39.5 Å². The molecule has 4 heterocycles. The fourth-order valence-electron chi connectivity index (χ4n) is 8.57. The van der Waals surface area contributed by atoms with Crippen LogP contribution in [0.4, 0.5) is 0 Å². The first-order valence-corrected chi connectivity index (χ1v) is 20.1. The summed E-state index contributed by atoms with van der Waals surface area (Å²) >= 11 is 3.63. The van der Waals surface area contributed by atoms with E-state index in [9.17, 15) is 0 Å². The molecule has 0 N–H and O–H groups in total. The van der Waals surface area contributed by atoms with E-state index in [1.54, 1.807) is 11.3 Å². The van der Waals surface area contributed by atoms with Crippen molar-refractivity contribution in [2.24, 2.45) is 0 Å². The molecule has 0 radical (unpaired) electrons. The van der Waals surface area contributed by atoms with Crippen LogP contribution in [0, 0.1) is 0 Å². The molecule has 0 aliphatic rings. The lowest BCUT2D eigenvalue weighted by atomic mass is 9.94. The molecule has 4 aromatic heterocycles. The molecule has 0 saturated carbocycles. The Morgan fingerprint density at radius 1 is 0.382 bits per heavy atom. The van der Waals surface area contributed by atoms with E-state index in [1.807, 2.05) is 11.3 Å². The first-order valence-electron chi connectivity index (χ1n) is 18.5. The van der Waals surface area contributed by atoms with Gasteiger partial charge in [0.15, 0.2) is 0 Å². The average molecular weight is 736 g/mol. The van der Waals surface area contributed by atoms with Gasteiger partial charge in [0, 0.05) is 46.6 Å². The van der Waals surface area contributed by atoms with Gasteiger partial charge in [-0.05, 0) is 63.4 Å². The number of hydrogen-bond donors (Lipinski definition) is 0. The Hall–Kier alpha value is -6.66. The Bertz CT molecular complexity index is 3470. The predicted molar refractivity (Wildman–Crippen MR) is 236 cm³/mol. The van der Waals surface area contributed by atoms with Gasteiger partial charge in [-0.2, -0.15) is 0 Å². The number of benzene rings is 8. The van der Waals surface area contributed by atoms with Crippen molar-refractivity contribution in [3.63, 3.8) is 0 Å². The van der Waals surface area contributed by atoms with E-state index in [-0.39, 0.29) is 0 Å². The minimum Gasteiger partial charge on any atom is -0.278 e. The van der Waals surface area contributed by atoms with Gasteiger partial charge in [-0.15, -0.1) is 22.7 Å². The lowest BCUT2D eigenvalue weighted by Gasteiger charge is -2.13. The van der Waals surface area contributed by atoms with Gasteiger partial charge in [0.25, 0.3) is 0 Å². The molecule has 0 spiro atoms. The monoisotopic (exact) mass is 735 g/mol. The van der Waals surface area contributed by atoms with Crippen LogP contribution in [0.2, 0.25) is 0 Å². The highest BCUT2D eigenvalue weighted by molar-refractivity contribution is 7.26. The summed E-state index contributed by atoms with van der Waals surface area (Å²) in [5, 5.41) is 8.65. The highest BCUT2D eigenvalue weighted by Crippen LogP contribution is 2.48. The summed E-state index contributed by atoms with van der Waals surface area (Å²) in [7, 11) is 0. The van der Waals surface area contributed by atoms with Crippen molar-refractivity contribution in [2.75, 3.05) is 0 Å². The van der Waals surface area contributed by atoms with Gasteiger partial charge in [-0.1, -0.05) is 146 Å². The van der Waals surface area contributed by atoms with E-state index in [2.05, 4.69) is 180 Å². The molecule has 12 aromatic rings. The molecule has 12 rings (SSSR count). The summed E-state index contributed by atoms with van der Waals surface area (Å²) in [5.41, 5.74) is 9.95. The number of aromatic nitrogens is 3. The van der Waals surface area contributed by atoms with Crippen LogP contribution in [-0.2, 0) is 0 Å². The van der Waals surface area contributed by atoms with Gasteiger partial charge in [0.2, 0.25) is 5.95 Å². The zero-order valence-corrected chi connectivity index (χ0v) is 31.0. The largest absolute Gasteiger partial charge is 0.278 e. The van der Waals surface area contributed by atoms with Gasteiger partial charge in [-0.25, -0.2) is 9.97 Å². The molecule has 3 nitrogen and oxygen atoms in total. The SMILES string of the molecule is c1ccc(-c2ccc(-c3nc(-n4c5cc(-c6ccccc6)c6ccccc6c5c5c6c(ccc54)sc4ccccc46)nc4c3sc3ccccc34)cc2)cc1. The molecule has 55 heavy (non-hydrogen) atoms. The maximum atomic E-state index is 5.59. The summed E-state index contributed by atoms with van der Waals surface area (Å²) in [5.74, 6) is 0.673. The lowest BCUT2D eigenvalue weighted by molar-refractivity contribution is 1.02. The normalized spacial score (nSPS) is 12.0. The Morgan fingerprint density at radius 3 is 1.75 bits per heavy atom. The molecule has 0 unspecified atom stereocenters. The van der Waals surface area contributed by atoms with Crippen molar-refractivity contribution >= 4 is 95.7 Å². The zero-order valence-electron chi connectivity index (χ0n) is 29.4. The number of nitrogens with zero attached hydrogens (tertiary/aromatic N) is 3. The van der Waals surface area contributed by atoms with Crippen LogP contribution in [-0.4, -0.2) is 14.5 Å². The van der Waals surface area contributed by atoms with Crippen molar-refractivity contribution in [3.05, 3.63) is 176 Å². The van der Waals surface area contributed by atoms with Crippen LogP contribution >= 0.6 is 22.7 Å².